The predicted octanol–water partition coefficient (Wildman–Crippen LogP) is 1.27. The van der Waals surface area contributed by atoms with Gasteiger partial charge in [-0.25, -0.2) is 9.77 Å². The number of nitrogens with one attached hydrogen (secondary N) is 2. The fraction of sp³-hybridized carbons (Fsp3) is 0.250. The lowest BCUT2D eigenvalue weighted by atomic mass is 10.2. The Morgan fingerprint density at radius 3 is 2.64 bits per heavy atom. The first kappa shape index (κ1) is 9.01. The second-order valence-corrected chi connectivity index (χ2v) is 3.62. The molecular formula is C8H11N5S. The van der Waals surface area contributed by atoms with E-state index in [2.05, 4.69) is 15.2 Å². The standard InChI is InChI=1S/C8H11N5S/c1-4-3-5(2)10-6(4)7-11-12-8(14)13(7)9/h3,10H,9H2,1-2H3,(H,12,14). The van der Waals surface area contributed by atoms with Gasteiger partial charge in [0.05, 0.1) is 5.69 Å². The van der Waals surface area contributed by atoms with Crippen molar-refractivity contribution in [1.29, 1.82) is 0 Å². The predicted molar refractivity (Wildman–Crippen MR) is 56.8 cm³/mol. The maximum Gasteiger partial charge on any atom is 0.214 e. The smallest absolute Gasteiger partial charge is 0.214 e. The minimum Gasteiger partial charge on any atom is -0.356 e. The summed E-state index contributed by atoms with van der Waals surface area (Å²) in [5.74, 6) is 6.34. The van der Waals surface area contributed by atoms with Crippen LogP contribution in [-0.2, 0) is 0 Å². The number of aromatic amines is 2. The normalized spacial score (nSPS) is 10.7. The minimum absolute atomic E-state index is 0.409. The van der Waals surface area contributed by atoms with Crippen LogP contribution in [-0.4, -0.2) is 19.9 Å². The van der Waals surface area contributed by atoms with Crippen LogP contribution in [0.1, 0.15) is 11.3 Å². The molecule has 0 aromatic carbocycles. The molecular weight excluding hydrogens is 198 g/mol. The zero-order valence-electron chi connectivity index (χ0n) is 7.96. The van der Waals surface area contributed by atoms with Crippen LogP contribution in [0.15, 0.2) is 6.07 Å². The average Bonchev–Trinajstić information content (AvgIpc) is 2.59. The van der Waals surface area contributed by atoms with Crippen molar-refractivity contribution in [3.8, 4) is 11.5 Å². The van der Waals surface area contributed by atoms with E-state index in [4.69, 9.17) is 18.1 Å². The average molecular weight is 209 g/mol. The molecule has 2 aromatic rings. The van der Waals surface area contributed by atoms with Crippen molar-refractivity contribution in [3.63, 3.8) is 0 Å². The van der Waals surface area contributed by atoms with Crippen LogP contribution >= 0.6 is 12.2 Å². The van der Waals surface area contributed by atoms with Gasteiger partial charge in [0.2, 0.25) is 4.77 Å². The molecule has 0 amide bonds. The molecule has 0 atom stereocenters. The van der Waals surface area contributed by atoms with Gasteiger partial charge in [0, 0.05) is 5.69 Å². The van der Waals surface area contributed by atoms with Crippen molar-refractivity contribution in [1.82, 2.24) is 19.9 Å². The molecule has 6 heteroatoms. The Kier molecular flexibility index (Phi) is 1.92. The highest BCUT2D eigenvalue weighted by Gasteiger charge is 2.11. The Labute approximate surface area is 85.9 Å². The zero-order valence-corrected chi connectivity index (χ0v) is 8.77. The highest BCUT2D eigenvalue weighted by molar-refractivity contribution is 7.71. The van der Waals surface area contributed by atoms with E-state index < -0.39 is 0 Å². The number of H-pyrrole nitrogens is 2. The first-order valence-electron chi connectivity index (χ1n) is 4.18. The highest BCUT2D eigenvalue weighted by Crippen LogP contribution is 2.19. The van der Waals surface area contributed by atoms with Crippen LogP contribution in [0.25, 0.3) is 11.5 Å². The summed E-state index contributed by atoms with van der Waals surface area (Å²) < 4.78 is 1.76. The van der Waals surface area contributed by atoms with E-state index in [-0.39, 0.29) is 0 Å². The van der Waals surface area contributed by atoms with Crippen LogP contribution in [0.5, 0.6) is 0 Å². The summed E-state index contributed by atoms with van der Waals surface area (Å²) in [7, 11) is 0. The van der Waals surface area contributed by atoms with Gasteiger partial charge in [0.25, 0.3) is 0 Å². The lowest BCUT2D eigenvalue weighted by Gasteiger charge is -1.98. The molecule has 4 N–H and O–H groups in total. The Balaban J connectivity index is 2.65. The summed E-state index contributed by atoms with van der Waals surface area (Å²) in [6.45, 7) is 3.98. The Bertz CT molecular complexity index is 518. The van der Waals surface area contributed by atoms with E-state index in [0.29, 0.717) is 10.6 Å². The second kappa shape index (κ2) is 2.98. The van der Waals surface area contributed by atoms with Gasteiger partial charge in [-0.2, -0.15) is 5.10 Å². The fourth-order valence-corrected chi connectivity index (χ4v) is 1.57. The van der Waals surface area contributed by atoms with Crippen LogP contribution in [0.3, 0.4) is 0 Å². The molecule has 0 aliphatic carbocycles. The molecule has 0 saturated carbocycles. The van der Waals surface area contributed by atoms with Gasteiger partial charge < -0.3 is 10.8 Å². The van der Waals surface area contributed by atoms with E-state index in [0.717, 1.165) is 17.0 Å². The van der Waals surface area contributed by atoms with Crippen LogP contribution < -0.4 is 5.84 Å². The van der Waals surface area contributed by atoms with Crippen LogP contribution in [0.2, 0.25) is 0 Å². The molecule has 5 nitrogen and oxygen atoms in total. The number of nitrogen functional groups attached to an aromatic ring is 1. The summed E-state index contributed by atoms with van der Waals surface area (Å²) in [5.41, 5.74) is 3.08. The van der Waals surface area contributed by atoms with Crippen molar-refractivity contribution in [3.05, 3.63) is 22.1 Å². The number of nitrogens with two attached hydrogens (primary N) is 1. The molecule has 2 rings (SSSR count). The number of hydrogen-bond donors (Lipinski definition) is 3. The monoisotopic (exact) mass is 209 g/mol. The largest absolute Gasteiger partial charge is 0.356 e. The van der Waals surface area contributed by atoms with Gasteiger partial charge in [-0.15, -0.1) is 0 Å². The lowest BCUT2D eigenvalue weighted by molar-refractivity contribution is 0.977. The third-order valence-corrected chi connectivity index (χ3v) is 2.37. The SMILES string of the molecule is Cc1cc(C)c(-c2n[nH]c(=S)n2N)[nH]1. The van der Waals surface area contributed by atoms with Crippen molar-refractivity contribution >= 4 is 12.2 Å². The first-order valence-corrected chi connectivity index (χ1v) is 4.59. The van der Waals surface area contributed by atoms with Crippen molar-refractivity contribution in [2.24, 2.45) is 0 Å². The van der Waals surface area contributed by atoms with Gasteiger partial charge in [-0.3, -0.25) is 0 Å². The number of rotatable bonds is 1. The van der Waals surface area contributed by atoms with Gasteiger partial charge in [0.1, 0.15) is 0 Å². The highest BCUT2D eigenvalue weighted by atomic mass is 32.1. The summed E-state index contributed by atoms with van der Waals surface area (Å²) in [4.78, 5) is 3.19. The number of nitrogens with zero attached hydrogens (tertiary/aromatic N) is 2. The number of hydrogen-bond acceptors (Lipinski definition) is 3. The molecule has 0 aliphatic heterocycles. The van der Waals surface area contributed by atoms with E-state index in [9.17, 15) is 0 Å². The van der Waals surface area contributed by atoms with E-state index >= 15 is 0 Å². The maximum absolute atomic E-state index is 5.71. The van der Waals surface area contributed by atoms with Gasteiger partial charge in [-0.05, 0) is 37.7 Å². The molecule has 14 heavy (non-hydrogen) atoms. The van der Waals surface area contributed by atoms with E-state index in [1.54, 1.807) is 0 Å². The summed E-state index contributed by atoms with van der Waals surface area (Å²) in [6, 6.07) is 2.03. The second-order valence-electron chi connectivity index (χ2n) is 3.23. The van der Waals surface area contributed by atoms with Crippen molar-refractivity contribution < 1.29 is 0 Å². The third-order valence-electron chi connectivity index (χ3n) is 2.08. The molecule has 74 valence electrons. The third kappa shape index (κ3) is 1.24. The topological polar surface area (TPSA) is 75.4 Å². The Morgan fingerprint density at radius 1 is 1.50 bits per heavy atom. The van der Waals surface area contributed by atoms with Gasteiger partial charge in [-0.1, -0.05) is 0 Å². The number of aryl methyl sites for hydroxylation is 2. The minimum atomic E-state index is 0.409. The molecule has 0 unspecified atom stereocenters. The van der Waals surface area contributed by atoms with Crippen LogP contribution in [0, 0.1) is 18.6 Å². The van der Waals surface area contributed by atoms with Crippen LogP contribution in [0.4, 0.5) is 0 Å². The molecule has 0 radical (unpaired) electrons. The Morgan fingerprint density at radius 2 is 2.21 bits per heavy atom. The Hall–Kier alpha value is -1.56. The lowest BCUT2D eigenvalue weighted by Crippen LogP contribution is -2.10. The molecule has 0 bridgehead atoms. The van der Waals surface area contributed by atoms with Gasteiger partial charge >= 0.3 is 0 Å². The van der Waals surface area contributed by atoms with Crippen molar-refractivity contribution in [2.75, 3.05) is 5.84 Å². The first-order chi connectivity index (χ1) is 6.59. The number of aromatic nitrogens is 4. The van der Waals surface area contributed by atoms with Gasteiger partial charge in [0.15, 0.2) is 5.82 Å². The van der Waals surface area contributed by atoms with Crippen molar-refractivity contribution in [2.45, 2.75) is 13.8 Å². The van der Waals surface area contributed by atoms with E-state index in [1.807, 2.05) is 19.9 Å². The summed E-state index contributed by atoms with van der Waals surface area (Å²) >= 11 is 4.93. The molecule has 0 spiro atoms. The molecule has 0 saturated heterocycles. The quantitative estimate of drug-likeness (QED) is 0.489. The zero-order chi connectivity index (χ0) is 10.3. The molecule has 2 heterocycles. The molecule has 0 fully saturated rings. The van der Waals surface area contributed by atoms with E-state index in [1.165, 1.54) is 4.68 Å². The maximum atomic E-state index is 5.71. The molecule has 2 aromatic heterocycles. The summed E-state index contributed by atoms with van der Waals surface area (Å²) in [6.07, 6.45) is 0. The summed E-state index contributed by atoms with van der Waals surface area (Å²) in [5, 5.41) is 6.69. The fourth-order valence-electron chi connectivity index (χ4n) is 1.44. The molecule has 0 aliphatic rings.